The smallest absolute Gasteiger partial charge is 0.216 e. The van der Waals surface area contributed by atoms with Crippen molar-refractivity contribution in [2.24, 2.45) is 0 Å². The largest absolute Gasteiger partial charge is 0.367 e. The minimum Gasteiger partial charge on any atom is -0.367 e. The molecule has 2 fully saturated rings. The number of nitrogens with zero attached hydrogens (tertiary/aromatic N) is 4. The Kier molecular flexibility index (Phi) is 4.55. The molecule has 1 N–H and O–H groups in total. The molecule has 0 radical (unpaired) electrons. The molecule has 0 amide bonds. The maximum absolute atomic E-state index is 12.4. The third-order valence-electron chi connectivity index (χ3n) is 5.97. The molecule has 148 valence electrons. The first-order valence-electron chi connectivity index (χ1n) is 10.2. The average molecular weight is 400 g/mol. The van der Waals surface area contributed by atoms with Crippen molar-refractivity contribution in [1.82, 2.24) is 19.3 Å². The number of anilines is 1. The topological polar surface area (TPSA) is 88.1 Å². The molecule has 1 aliphatic heterocycles. The highest BCUT2D eigenvalue weighted by Gasteiger charge is 2.41. The highest BCUT2D eigenvalue weighted by Crippen LogP contribution is 2.34. The van der Waals surface area contributed by atoms with Gasteiger partial charge in [0, 0.05) is 48.3 Å². The van der Waals surface area contributed by atoms with E-state index in [0.29, 0.717) is 13.1 Å². The molecule has 8 heteroatoms. The lowest BCUT2D eigenvalue weighted by Crippen LogP contribution is -2.43. The van der Waals surface area contributed by atoms with Gasteiger partial charge in [0.1, 0.15) is 5.82 Å². The van der Waals surface area contributed by atoms with Crippen molar-refractivity contribution in [3.63, 3.8) is 0 Å². The minimum absolute atomic E-state index is 0.120. The summed E-state index contributed by atoms with van der Waals surface area (Å²) in [6.45, 7) is 1.20. The van der Waals surface area contributed by atoms with E-state index in [1.165, 1.54) is 5.56 Å². The first-order chi connectivity index (χ1) is 13.6. The summed E-state index contributed by atoms with van der Waals surface area (Å²) in [5.41, 5.74) is 3.34. The molecule has 2 aliphatic carbocycles. The van der Waals surface area contributed by atoms with Crippen LogP contribution in [0.4, 0.5) is 5.82 Å². The Balaban J connectivity index is 1.34. The molecule has 2 aromatic heterocycles. The summed E-state index contributed by atoms with van der Waals surface area (Å²) in [5, 5.41) is 3.50. The number of aromatic nitrogens is 3. The van der Waals surface area contributed by atoms with Gasteiger partial charge in [0.25, 0.3) is 0 Å². The molecule has 3 heterocycles. The molecule has 0 spiro atoms. The third kappa shape index (κ3) is 3.39. The molecular weight excluding hydrogens is 374 g/mol. The van der Waals surface area contributed by atoms with Crippen LogP contribution in [0.5, 0.6) is 0 Å². The highest BCUT2D eigenvalue weighted by atomic mass is 32.2. The van der Waals surface area contributed by atoms with Crippen molar-refractivity contribution in [3.05, 3.63) is 35.8 Å². The summed E-state index contributed by atoms with van der Waals surface area (Å²) in [7, 11) is -3.06. The van der Waals surface area contributed by atoms with Gasteiger partial charge in [-0.15, -0.1) is 0 Å². The normalized spacial score (nSPS) is 20.9. The maximum Gasteiger partial charge on any atom is 0.216 e. The number of rotatable bonds is 5. The van der Waals surface area contributed by atoms with Crippen LogP contribution < -0.4 is 5.32 Å². The van der Waals surface area contributed by atoms with Gasteiger partial charge in [-0.3, -0.25) is 4.98 Å². The fraction of sp³-hybridized carbons (Fsp3) is 0.550. The number of fused-ring (bicyclic) bond motifs is 1. The van der Waals surface area contributed by atoms with Gasteiger partial charge in [0.05, 0.1) is 5.25 Å². The zero-order valence-electron chi connectivity index (χ0n) is 15.8. The van der Waals surface area contributed by atoms with Crippen molar-refractivity contribution >= 4 is 15.8 Å². The van der Waals surface area contributed by atoms with E-state index >= 15 is 0 Å². The molecule has 7 nitrogen and oxygen atoms in total. The zero-order valence-corrected chi connectivity index (χ0v) is 16.7. The first-order valence-corrected chi connectivity index (χ1v) is 11.7. The van der Waals surface area contributed by atoms with Crippen LogP contribution in [0.15, 0.2) is 24.5 Å². The number of pyridine rings is 1. The molecule has 0 bridgehead atoms. The SMILES string of the molecule is O=S(=O)(C1CC1)N1CCC(Nc2nc(-c3ccncc3)nc3c2CCC3)CC1. The van der Waals surface area contributed by atoms with Crippen molar-refractivity contribution < 1.29 is 8.42 Å². The van der Waals surface area contributed by atoms with Crippen molar-refractivity contribution in [1.29, 1.82) is 0 Å². The van der Waals surface area contributed by atoms with Crippen molar-refractivity contribution in [2.45, 2.75) is 56.2 Å². The quantitative estimate of drug-likeness (QED) is 0.831. The van der Waals surface area contributed by atoms with E-state index in [1.54, 1.807) is 16.7 Å². The minimum atomic E-state index is -3.06. The number of aryl methyl sites for hydroxylation is 1. The van der Waals surface area contributed by atoms with Gasteiger partial charge in [0.2, 0.25) is 10.0 Å². The Morgan fingerprint density at radius 1 is 1.00 bits per heavy atom. The van der Waals surface area contributed by atoms with E-state index in [4.69, 9.17) is 9.97 Å². The number of hydrogen-bond donors (Lipinski definition) is 1. The Morgan fingerprint density at radius 3 is 2.46 bits per heavy atom. The van der Waals surface area contributed by atoms with Crippen molar-refractivity contribution in [3.8, 4) is 11.4 Å². The second kappa shape index (κ2) is 7.08. The molecule has 0 atom stereocenters. The molecule has 3 aliphatic rings. The van der Waals surface area contributed by atoms with Crippen LogP contribution in [-0.2, 0) is 22.9 Å². The van der Waals surface area contributed by atoms with Gasteiger partial charge in [0.15, 0.2) is 5.82 Å². The Morgan fingerprint density at radius 2 is 1.75 bits per heavy atom. The molecule has 1 saturated heterocycles. The van der Waals surface area contributed by atoms with Crippen LogP contribution in [0.3, 0.4) is 0 Å². The number of nitrogens with one attached hydrogen (secondary N) is 1. The number of piperidine rings is 1. The fourth-order valence-electron chi connectivity index (χ4n) is 4.21. The maximum atomic E-state index is 12.4. The summed E-state index contributed by atoms with van der Waals surface area (Å²) in [5.74, 6) is 1.66. The van der Waals surface area contributed by atoms with E-state index in [1.807, 2.05) is 12.1 Å². The second-order valence-corrected chi connectivity index (χ2v) is 10.2. The number of hydrogen-bond acceptors (Lipinski definition) is 6. The third-order valence-corrected chi connectivity index (χ3v) is 8.37. The first kappa shape index (κ1) is 18.0. The number of sulfonamides is 1. The molecule has 0 unspecified atom stereocenters. The van der Waals surface area contributed by atoms with Crippen LogP contribution in [-0.4, -0.2) is 52.1 Å². The van der Waals surface area contributed by atoms with E-state index in [-0.39, 0.29) is 11.3 Å². The molecule has 5 rings (SSSR count). The van der Waals surface area contributed by atoms with Gasteiger partial charge in [-0.2, -0.15) is 0 Å². The van der Waals surface area contributed by atoms with E-state index in [9.17, 15) is 8.42 Å². The highest BCUT2D eigenvalue weighted by molar-refractivity contribution is 7.90. The average Bonchev–Trinajstić information content (AvgIpc) is 3.48. The summed E-state index contributed by atoms with van der Waals surface area (Å²) >= 11 is 0. The Hall–Kier alpha value is -2.06. The van der Waals surface area contributed by atoms with Crippen LogP contribution in [0.2, 0.25) is 0 Å². The predicted molar refractivity (Wildman–Crippen MR) is 107 cm³/mol. The van der Waals surface area contributed by atoms with Gasteiger partial charge in [-0.25, -0.2) is 22.7 Å². The molecular formula is C20H25N5O2S. The lowest BCUT2D eigenvalue weighted by molar-refractivity contribution is 0.329. The zero-order chi connectivity index (χ0) is 19.1. The summed E-state index contributed by atoms with van der Waals surface area (Å²) in [6.07, 6.45) is 9.90. The summed E-state index contributed by atoms with van der Waals surface area (Å²) in [4.78, 5) is 13.7. The monoisotopic (exact) mass is 399 g/mol. The Labute approximate surface area is 165 Å². The molecule has 2 aromatic rings. The van der Waals surface area contributed by atoms with Gasteiger partial charge in [-0.1, -0.05) is 0 Å². The summed E-state index contributed by atoms with van der Waals surface area (Å²) in [6, 6.07) is 4.11. The van der Waals surface area contributed by atoms with E-state index < -0.39 is 10.0 Å². The van der Waals surface area contributed by atoms with Crippen LogP contribution in [0, 0.1) is 0 Å². The fourth-order valence-corrected chi connectivity index (χ4v) is 6.08. The van der Waals surface area contributed by atoms with Crippen LogP contribution in [0.25, 0.3) is 11.4 Å². The lowest BCUT2D eigenvalue weighted by Gasteiger charge is -2.32. The molecule has 1 saturated carbocycles. The molecule has 0 aromatic carbocycles. The van der Waals surface area contributed by atoms with Crippen LogP contribution in [0.1, 0.15) is 43.4 Å². The van der Waals surface area contributed by atoms with E-state index in [2.05, 4.69) is 10.3 Å². The Bertz CT molecular complexity index is 968. The predicted octanol–water partition coefficient (Wildman–Crippen LogP) is 2.40. The van der Waals surface area contributed by atoms with Gasteiger partial charge in [-0.05, 0) is 57.1 Å². The van der Waals surface area contributed by atoms with Gasteiger partial charge >= 0.3 is 0 Å². The van der Waals surface area contributed by atoms with E-state index in [0.717, 1.165) is 67.8 Å². The van der Waals surface area contributed by atoms with Crippen molar-refractivity contribution in [2.75, 3.05) is 18.4 Å². The molecule has 28 heavy (non-hydrogen) atoms. The van der Waals surface area contributed by atoms with Gasteiger partial charge < -0.3 is 5.32 Å². The summed E-state index contributed by atoms with van der Waals surface area (Å²) < 4.78 is 26.6. The van der Waals surface area contributed by atoms with Crippen LogP contribution >= 0.6 is 0 Å². The standard InChI is InChI=1S/C20H25N5O2S/c26-28(27,16-4-5-16)25-12-8-15(9-13-25)22-20-17-2-1-3-18(17)23-19(24-20)14-6-10-21-11-7-14/h6-7,10-11,15-16H,1-5,8-9,12-13H2,(H,22,23,24). The second-order valence-electron chi connectivity index (χ2n) is 7.97. The lowest BCUT2D eigenvalue weighted by atomic mass is 10.1.